The number of carbonyl (C=O) groups excluding carboxylic acids is 1. The van der Waals surface area contributed by atoms with Crippen LogP contribution in [0.5, 0.6) is 0 Å². The van der Waals surface area contributed by atoms with Gasteiger partial charge in [0, 0.05) is 42.6 Å². The lowest BCUT2D eigenvalue weighted by Crippen LogP contribution is -2.65. The van der Waals surface area contributed by atoms with Crippen LogP contribution >= 0.6 is 0 Å². The van der Waals surface area contributed by atoms with Crippen molar-refractivity contribution in [3.63, 3.8) is 0 Å². The van der Waals surface area contributed by atoms with Crippen LogP contribution in [0.1, 0.15) is 6.42 Å². The van der Waals surface area contributed by atoms with Crippen LogP contribution in [-0.2, 0) is 20.4 Å². The van der Waals surface area contributed by atoms with E-state index in [1.165, 1.54) is 4.31 Å². The van der Waals surface area contributed by atoms with Gasteiger partial charge in [0.25, 0.3) is 0 Å². The van der Waals surface area contributed by atoms with E-state index in [2.05, 4.69) is 15.1 Å². The van der Waals surface area contributed by atoms with E-state index < -0.39 is 21.5 Å². The Kier molecular flexibility index (Phi) is 3.63. The monoisotopic (exact) mass is 374 g/mol. The van der Waals surface area contributed by atoms with Crippen LogP contribution < -0.4 is 5.73 Å². The Morgan fingerprint density at radius 2 is 2.15 bits per heavy atom. The smallest absolute Gasteiger partial charge is 0.219 e. The van der Waals surface area contributed by atoms with Crippen LogP contribution in [-0.4, -0.2) is 57.7 Å². The molecule has 1 aliphatic heterocycles. The third-order valence-corrected chi connectivity index (χ3v) is 5.95. The summed E-state index contributed by atoms with van der Waals surface area (Å²) in [7, 11) is -3.32. The lowest BCUT2D eigenvalue weighted by molar-refractivity contribution is -0.122. The van der Waals surface area contributed by atoms with Crippen molar-refractivity contribution in [3.05, 3.63) is 36.9 Å². The van der Waals surface area contributed by atoms with E-state index in [1.807, 2.05) is 24.5 Å². The van der Waals surface area contributed by atoms with Crippen LogP contribution in [0.15, 0.2) is 36.9 Å². The molecule has 3 aromatic rings. The minimum absolute atomic E-state index is 0.0239. The first-order valence-corrected chi connectivity index (χ1v) is 9.84. The molecule has 3 N–H and O–H groups in total. The van der Waals surface area contributed by atoms with E-state index >= 15 is 0 Å². The highest BCUT2D eigenvalue weighted by Crippen LogP contribution is 2.35. The second kappa shape index (κ2) is 5.64. The molecule has 4 rings (SSSR count). The molecule has 10 heteroatoms. The predicted octanol–water partition coefficient (Wildman–Crippen LogP) is 0.272. The minimum atomic E-state index is -3.32. The largest absolute Gasteiger partial charge is 0.370 e. The highest BCUT2D eigenvalue weighted by Gasteiger charge is 2.50. The molecule has 1 aliphatic rings. The number of sulfonamides is 1. The van der Waals surface area contributed by atoms with E-state index in [0.717, 1.165) is 28.4 Å². The van der Waals surface area contributed by atoms with Gasteiger partial charge in [-0.1, -0.05) is 0 Å². The second-order valence-electron chi connectivity index (χ2n) is 6.67. The van der Waals surface area contributed by atoms with Gasteiger partial charge in [-0.2, -0.15) is 9.40 Å². The molecule has 3 aromatic heterocycles. The van der Waals surface area contributed by atoms with Crippen molar-refractivity contribution in [2.45, 2.75) is 12.0 Å². The Bertz CT molecular complexity index is 1090. The molecule has 0 saturated carbocycles. The quantitative estimate of drug-likeness (QED) is 0.663. The standard InChI is InChI=1S/C16H18N6O3S/c1-26(24,25)21-9-16(10-21,6-14(17)23)22-8-11(7-20-22)12-2-4-18-15-13(12)3-5-19-15/h2-5,7-8H,6,9-10H2,1H3,(H2,17,23)(H,18,19). The maximum atomic E-state index is 11.7. The lowest BCUT2D eigenvalue weighted by atomic mass is 9.88. The van der Waals surface area contributed by atoms with Crippen LogP contribution in [0, 0.1) is 0 Å². The summed E-state index contributed by atoms with van der Waals surface area (Å²) in [5.74, 6) is -0.493. The summed E-state index contributed by atoms with van der Waals surface area (Å²) >= 11 is 0. The zero-order valence-electron chi connectivity index (χ0n) is 14.1. The summed E-state index contributed by atoms with van der Waals surface area (Å²) in [4.78, 5) is 18.9. The van der Waals surface area contributed by atoms with Gasteiger partial charge in [-0.15, -0.1) is 0 Å². The van der Waals surface area contributed by atoms with Crippen molar-refractivity contribution in [3.8, 4) is 11.1 Å². The lowest BCUT2D eigenvalue weighted by Gasteiger charge is -2.48. The molecule has 0 unspecified atom stereocenters. The molecule has 1 amide bonds. The van der Waals surface area contributed by atoms with Gasteiger partial charge in [-0.05, 0) is 17.7 Å². The number of hydrogen-bond acceptors (Lipinski definition) is 5. The number of pyridine rings is 1. The average molecular weight is 374 g/mol. The molecule has 26 heavy (non-hydrogen) atoms. The summed E-state index contributed by atoms with van der Waals surface area (Å²) in [6, 6.07) is 3.82. The molecule has 0 aliphatic carbocycles. The predicted molar refractivity (Wildman–Crippen MR) is 95.5 cm³/mol. The fourth-order valence-corrected chi connectivity index (χ4v) is 4.39. The average Bonchev–Trinajstić information content (AvgIpc) is 3.17. The number of nitrogens with zero attached hydrogens (tertiary/aromatic N) is 4. The second-order valence-corrected chi connectivity index (χ2v) is 8.65. The Hall–Kier alpha value is -2.72. The summed E-state index contributed by atoms with van der Waals surface area (Å²) in [6.45, 7) is 0.345. The minimum Gasteiger partial charge on any atom is -0.370 e. The third-order valence-electron chi connectivity index (χ3n) is 4.75. The molecule has 4 heterocycles. The number of hydrogen-bond donors (Lipinski definition) is 2. The zero-order valence-corrected chi connectivity index (χ0v) is 14.9. The van der Waals surface area contributed by atoms with Gasteiger partial charge in [0.05, 0.1) is 24.4 Å². The van der Waals surface area contributed by atoms with Crippen LogP contribution in [0.2, 0.25) is 0 Å². The number of fused-ring (bicyclic) bond motifs is 1. The van der Waals surface area contributed by atoms with Crippen molar-refractivity contribution in [1.29, 1.82) is 0 Å². The van der Waals surface area contributed by atoms with Gasteiger partial charge in [0.2, 0.25) is 15.9 Å². The number of nitrogens with one attached hydrogen (secondary N) is 1. The maximum Gasteiger partial charge on any atom is 0.219 e. The Morgan fingerprint density at radius 1 is 1.38 bits per heavy atom. The summed E-state index contributed by atoms with van der Waals surface area (Å²) in [5.41, 5.74) is 7.23. The van der Waals surface area contributed by atoms with Crippen molar-refractivity contribution < 1.29 is 13.2 Å². The number of rotatable bonds is 5. The Morgan fingerprint density at radius 3 is 2.85 bits per heavy atom. The molecule has 0 atom stereocenters. The molecule has 0 spiro atoms. The van der Waals surface area contributed by atoms with E-state index in [-0.39, 0.29) is 19.5 Å². The van der Waals surface area contributed by atoms with Gasteiger partial charge < -0.3 is 10.7 Å². The Labute approximate surface area is 149 Å². The Balaban J connectivity index is 1.71. The van der Waals surface area contributed by atoms with E-state index in [0.29, 0.717) is 0 Å². The SMILES string of the molecule is CS(=O)(=O)N1CC(CC(N)=O)(n2cc(-c3ccnc4[nH]ccc34)cn2)C1. The zero-order chi connectivity index (χ0) is 18.5. The molecule has 1 saturated heterocycles. The molecule has 0 bridgehead atoms. The van der Waals surface area contributed by atoms with E-state index in [1.54, 1.807) is 17.1 Å². The van der Waals surface area contributed by atoms with Crippen LogP contribution in [0.3, 0.4) is 0 Å². The van der Waals surface area contributed by atoms with Crippen molar-refractivity contribution in [1.82, 2.24) is 24.1 Å². The fraction of sp³-hybridized carbons (Fsp3) is 0.312. The van der Waals surface area contributed by atoms with Gasteiger partial charge in [0.1, 0.15) is 5.65 Å². The third kappa shape index (κ3) is 2.67. The molecular formula is C16H18N6O3S. The molecule has 9 nitrogen and oxygen atoms in total. The maximum absolute atomic E-state index is 11.7. The molecule has 0 aromatic carbocycles. The molecular weight excluding hydrogens is 356 g/mol. The normalized spacial score (nSPS) is 17.3. The first-order valence-electron chi connectivity index (χ1n) is 8.00. The summed E-state index contributed by atoms with van der Waals surface area (Å²) in [5, 5.41) is 5.36. The van der Waals surface area contributed by atoms with Gasteiger partial charge >= 0.3 is 0 Å². The number of aromatic nitrogens is 4. The number of nitrogens with two attached hydrogens (primary N) is 1. The fourth-order valence-electron chi connectivity index (χ4n) is 3.44. The number of amides is 1. The number of carbonyl (C=O) groups is 1. The molecule has 136 valence electrons. The van der Waals surface area contributed by atoms with Crippen molar-refractivity contribution >= 4 is 27.0 Å². The van der Waals surface area contributed by atoms with Gasteiger partial charge in [-0.3, -0.25) is 9.48 Å². The first kappa shape index (κ1) is 16.7. The highest BCUT2D eigenvalue weighted by atomic mass is 32.2. The molecule has 0 radical (unpaired) electrons. The van der Waals surface area contributed by atoms with Crippen molar-refractivity contribution in [2.24, 2.45) is 5.73 Å². The van der Waals surface area contributed by atoms with E-state index in [9.17, 15) is 13.2 Å². The summed E-state index contributed by atoms with van der Waals surface area (Å²) < 4.78 is 26.4. The summed E-state index contributed by atoms with van der Waals surface area (Å²) in [6.07, 6.45) is 8.22. The molecule has 1 fully saturated rings. The number of H-pyrrole nitrogens is 1. The topological polar surface area (TPSA) is 127 Å². The van der Waals surface area contributed by atoms with Crippen LogP contribution in [0.25, 0.3) is 22.2 Å². The van der Waals surface area contributed by atoms with E-state index in [4.69, 9.17) is 5.73 Å². The first-order chi connectivity index (χ1) is 12.3. The van der Waals surface area contributed by atoms with Gasteiger partial charge in [-0.25, -0.2) is 13.4 Å². The van der Waals surface area contributed by atoms with Gasteiger partial charge in [0.15, 0.2) is 0 Å². The highest BCUT2D eigenvalue weighted by molar-refractivity contribution is 7.88. The van der Waals surface area contributed by atoms with Crippen molar-refractivity contribution in [2.75, 3.05) is 19.3 Å². The number of aromatic amines is 1. The van der Waals surface area contributed by atoms with Crippen LogP contribution in [0.4, 0.5) is 0 Å². The number of primary amides is 1.